The van der Waals surface area contributed by atoms with E-state index in [4.69, 9.17) is 7.85 Å². The molecule has 2 nitrogen and oxygen atoms in total. The van der Waals surface area contributed by atoms with Crippen LogP contribution in [0.4, 0.5) is 0 Å². The first-order valence-corrected chi connectivity index (χ1v) is 6.00. The van der Waals surface area contributed by atoms with Gasteiger partial charge >= 0.3 is 0 Å². The SMILES string of the molecule is [B]C1CCC1NC(=C)/C(C)=C(\CC)N=CC. The van der Waals surface area contributed by atoms with Crippen molar-refractivity contribution in [2.75, 3.05) is 0 Å². The number of hydrogen-bond acceptors (Lipinski definition) is 2. The summed E-state index contributed by atoms with van der Waals surface area (Å²) in [4.78, 5) is 4.36. The van der Waals surface area contributed by atoms with E-state index in [1.54, 1.807) is 0 Å². The van der Waals surface area contributed by atoms with Gasteiger partial charge < -0.3 is 5.32 Å². The molecule has 16 heavy (non-hydrogen) atoms. The number of rotatable bonds is 5. The van der Waals surface area contributed by atoms with E-state index in [0.29, 0.717) is 6.04 Å². The van der Waals surface area contributed by atoms with Crippen molar-refractivity contribution in [3.63, 3.8) is 0 Å². The fourth-order valence-electron chi connectivity index (χ4n) is 1.82. The standard InChI is InChI=1S/C13H21BN2/c1-5-12(15-6-2)9(3)10(4)16-13-8-7-11(13)14/h6,11,13,16H,4-5,7-8H2,1-3H3/b12-9+,15-6?. The highest BCUT2D eigenvalue weighted by atomic mass is 14.9. The van der Waals surface area contributed by atoms with Crippen LogP contribution in [0.25, 0.3) is 0 Å². The Balaban J connectivity index is 2.64. The Bertz CT molecular complexity index is 318. The zero-order valence-corrected chi connectivity index (χ0v) is 10.6. The number of nitrogens with one attached hydrogen (secondary N) is 1. The fourth-order valence-corrected chi connectivity index (χ4v) is 1.82. The van der Waals surface area contributed by atoms with Gasteiger partial charge in [0.25, 0.3) is 0 Å². The zero-order valence-electron chi connectivity index (χ0n) is 10.6. The van der Waals surface area contributed by atoms with Crippen LogP contribution >= 0.6 is 0 Å². The Morgan fingerprint density at radius 2 is 2.25 bits per heavy atom. The van der Waals surface area contributed by atoms with Gasteiger partial charge in [0, 0.05) is 23.7 Å². The Hall–Kier alpha value is -0.985. The van der Waals surface area contributed by atoms with Gasteiger partial charge in [-0.1, -0.05) is 25.7 Å². The van der Waals surface area contributed by atoms with Crippen molar-refractivity contribution >= 4 is 14.1 Å². The summed E-state index contributed by atoms with van der Waals surface area (Å²) >= 11 is 0. The zero-order chi connectivity index (χ0) is 12.1. The van der Waals surface area contributed by atoms with Gasteiger partial charge in [-0.25, -0.2) is 0 Å². The highest BCUT2D eigenvalue weighted by molar-refractivity contribution is 6.12. The quantitative estimate of drug-likeness (QED) is 0.426. The molecule has 0 aromatic rings. The molecule has 1 rings (SSSR count). The third-order valence-corrected chi connectivity index (χ3v) is 3.19. The molecule has 0 aromatic carbocycles. The van der Waals surface area contributed by atoms with Crippen molar-refractivity contribution in [1.82, 2.24) is 5.32 Å². The average molecular weight is 216 g/mol. The summed E-state index contributed by atoms with van der Waals surface area (Å²) in [7, 11) is 5.89. The maximum atomic E-state index is 5.89. The van der Waals surface area contributed by atoms with Crippen molar-refractivity contribution in [1.29, 1.82) is 0 Å². The van der Waals surface area contributed by atoms with E-state index < -0.39 is 0 Å². The smallest absolute Gasteiger partial charge is 0.0727 e. The molecule has 86 valence electrons. The van der Waals surface area contributed by atoms with Gasteiger partial charge in [-0.3, -0.25) is 4.99 Å². The van der Waals surface area contributed by atoms with E-state index in [0.717, 1.165) is 36.2 Å². The van der Waals surface area contributed by atoms with Gasteiger partial charge in [0.1, 0.15) is 0 Å². The lowest BCUT2D eigenvalue weighted by molar-refractivity contribution is 0.367. The highest BCUT2D eigenvalue weighted by Gasteiger charge is 2.26. The Morgan fingerprint density at radius 1 is 1.56 bits per heavy atom. The van der Waals surface area contributed by atoms with Crippen LogP contribution in [0.3, 0.4) is 0 Å². The molecule has 0 heterocycles. The Kier molecular flexibility index (Phi) is 4.85. The minimum Gasteiger partial charge on any atom is -0.383 e. The fraction of sp³-hybridized carbons (Fsp3) is 0.615. The first-order valence-electron chi connectivity index (χ1n) is 6.00. The van der Waals surface area contributed by atoms with Crippen LogP contribution in [0, 0.1) is 0 Å². The molecule has 1 fully saturated rings. The maximum Gasteiger partial charge on any atom is 0.0727 e. The lowest BCUT2D eigenvalue weighted by Gasteiger charge is -2.36. The molecule has 0 bridgehead atoms. The number of hydrogen-bond donors (Lipinski definition) is 1. The average Bonchev–Trinajstić information content (AvgIpc) is 2.29. The predicted octanol–water partition coefficient (Wildman–Crippen LogP) is 2.98. The van der Waals surface area contributed by atoms with E-state index >= 15 is 0 Å². The Labute approximate surface area is 100 Å². The third kappa shape index (κ3) is 3.00. The van der Waals surface area contributed by atoms with E-state index in [1.807, 2.05) is 13.1 Å². The van der Waals surface area contributed by atoms with E-state index in [9.17, 15) is 0 Å². The molecule has 1 aliphatic rings. The molecule has 2 unspecified atom stereocenters. The van der Waals surface area contributed by atoms with Crippen LogP contribution in [0.1, 0.15) is 40.0 Å². The van der Waals surface area contributed by atoms with Crippen molar-refractivity contribution in [2.24, 2.45) is 4.99 Å². The van der Waals surface area contributed by atoms with Crippen LogP contribution in [-0.4, -0.2) is 20.1 Å². The second kappa shape index (κ2) is 5.93. The first kappa shape index (κ1) is 13.1. The third-order valence-electron chi connectivity index (χ3n) is 3.19. The first-order chi connectivity index (χ1) is 7.60. The summed E-state index contributed by atoms with van der Waals surface area (Å²) < 4.78 is 0. The van der Waals surface area contributed by atoms with Gasteiger partial charge in [0.15, 0.2) is 0 Å². The van der Waals surface area contributed by atoms with Crippen molar-refractivity contribution in [3.05, 3.63) is 23.5 Å². The molecule has 1 N–H and O–H groups in total. The molecule has 1 saturated carbocycles. The van der Waals surface area contributed by atoms with Gasteiger partial charge in [0.2, 0.25) is 0 Å². The van der Waals surface area contributed by atoms with Gasteiger partial charge in [-0.15, -0.1) is 0 Å². The van der Waals surface area contributed by atoms with E-state index in [1.165, 1.54) is 0 Å². The van der Waals surface area contributed by atoms with Crippen LogP contribution in [-0.2, 0) is 0 Å². The lowest BCUT2D eigenvalue weighted by atomic mass is 9.66. The maximum absolute atomic E-state index is 5.89. The number of aliphatic imine (C=N–C) groups is 1. The van der Waals surface area contributed by atoms with Gasteiger partial charge in [-0.2, -0.15) is 0 Å². The topological polar surface area (TPSA) is 24.4 Å². The molecule has 3 heteroatoms. The largest absolute Gasteiger partial charge is 0.383 e. The molecule has 2 radical (unpaired) electrons. The normalized spacial score (nSPS) is 26.2. The molecule has 2 atom stereocenters. The highest BCUT2D eigenvalue weighted by Crippen LogP contribution is 2.31. The minimum atomic E-state index is 0.282. The summed E-state index contributed by atoms with van der Waals surface area (Å²) in [6.07, 6.45) is 5.01. The monoisotopic (exact) mass is 216 g/mol. The lowest BCUT2D eigenvalue weighted by Crippen LogP contribution is -2.40. The van der Waals surface area contributed by atoms with E-state index in [-0.39, 0.29) is 5.82 Å². The van der Waals surface area contributed by atoms with Crippen molar-refractivity contribution in [2.45, 2.75) is 51.9 Å². The summed E-state index contributed by atoms with van der Waals surface area (Å²) in [6, 6.07) is 0.395. The molecule has 0 saturated heterocycles. The summed E-state index contributed by atoms with van der Waals surface area (Å²) in [6.45, 7) is 10.2. The predicted molar refractivity (Wildman–Crippen MR) is 72.0 cm³/mol. The molecular formula is C13H21BN2. The summed E-state index contributed by atoms with van der Waals surface area (Å²) in [5, 5.41) is 3.39. The molecule has 1 aliphatic carbocycles. The van der Waals surface area contributed by atoms with Crippen molar-refractivity contribution < 1.29 is 0 Å². The molecular weight excluding hydrogens is 195 g/mol. The number of allylic oxidation sites excluding steroid dienone is 2. The van der Waals surface area contributed by atoms with Gasteiger partial charge in [0.05, 0.1) is 7.85 Å². The summed E-state index contributed by atoms with van der Waals surface area (Å²) in [5.41, 5.74) is 3.19. The van der Waals surface area contributed by atoms with Crippen molar-refractivity contribution in [3.8, 4) is 0 Å². The second-order valence-electron chi connectivity index (χ2n) is 4.28. The molecule has 0 spiro atoms. The van der Waals surface area contributed by atoms with Crippen LogP contribution < -0.4 is 5.32 Å². The van der Waals surface area contributed by atoms with Crippen LogP contribution in [0.2, 0.25) is 5.82 Å². The molecule has 0 aromatic heterocycles. The summed E-state index contributed by atoms with van der Waals surface area (Å²) in [5.74, 6) is 0.282. The number of nitrogens with zero attached hydrogens (tertiary/aromatic N) is 1. The second-order valence-corrected chi connectivity index (χ2v) is 4.28. The minimum absolute atomic E-state index is 0.282. The van der Waals surface area contributed by atoms with Crippen LogP contribution in [0.5, 0.6) is 0 Å². The Morgan fingerprint density at radius 3 is 2.62 bits per heavy atom. The van der Waals surface area contributed by atoms with Crippen LogP contribution in [0.15, 0.2) is 28.5 Å². The van der Waals surface area contributed by atoms with E-state index in [2.05, 4.69) is 30.7 Å². The molecule has 0 aliphatic heterocycles. The van der Waals surface area contributed by atoms with Gasteiger partial charge in [-0.05, 0) is 32.3 Å². The molecule has 0 amide bonds.